The van der Waals surface area contributed by atoms with E-state index in [1.807, 2.05) is 0 Å². The molecule has 12 heavy (non-hydrogen) atoms. The zero-order chi connectivity index (χ0) is 8.23. The Kier molecular flexibility index (Phi) is 2.79. The maximum absolute atomic E-state index is 2.53. The van der Waals surface area contributed by atoms with Gasteiger partial charge in [0.25, 0.3) is 0 Å². The third-order valence-corrected chi connectivity index (χ3v) is 2.77. The Morgan fingerprint density at radius 2 is 1.58 bits per heavy atom. The molecule has 0 spiro atoms. The summed E-state index contributed by atoms with van der Waals surface area (Å²) in [5.74, 6) is 0. The van der Waals surface area contributed by atoms with Crippen LogP contribution in [-0.4, -0.2) is 36.2 Å². The van der Waals surface area contributed by atoms with Crippen molar-refractivity contribution in [3.8, 4) is 0 Å². The monoisotopic (exact) mass is 166 g/mol. The zero-order valence-corrected chi connectivity index (χ0v) is 7.71. The van der Waals surface area contributed by atoms with E-state index in [1.54, 1.807) is 0 Å². The second-order valence-corrected chi connectivity index (χ2v) is 3.69. The average molecular weight is 166 g/mol. The number of rotatable bonds is 1. The summed E-state index contributed by atoms with van der Waals surface area (Å²) in [6, 6.07) is 0. The fourth-order valence-electron chi connectivity index (χ4n) is 2.05. The van der Waals surface area contributed by atoms with E-state index in [0.29, 0.717) is 0 Å². The summed E-state index contributed by atoms with van der Waals surface area (Å²) in [6.45, 7) is 4.94. The fraction of sp³-hybridized carbons (Fsp3) is 0.800. The van der Waals surface area contributed by atoms with E-state index in [0.717, 1.165) is 6.54 Å². The molecule has 0 aromatic carbocycles. The quantitative estimate of drug-likeness (QED) is 0.546. The predicted octanol–water partition coefficient (Wildman–Crippen LogP) is 1.65. The fourth-order valence-corrected chi connectivity index (χ4v) is 2.05. The molecule has 0 atom stereocenters. The summed E-state index contributed by atoms with van der Waals surface area (Å²) in [7, 11) is 0. The average Bonchev–Trinajstić information content (AvgIpc) is 2.21. The van der Waals surface area contributed by atoms with Gasteiger partial charge in [0.15, 0.2) is 0 Å². The highest BCUT2D eigenvalue weighted by Crippen LogP contribution is 2.13. The van der Waals surface area contributed by atoms with Crippen LogP contribution < -0.4 is 0 Å². The number of hydrazine groups is 1. The van der Waals surface area contributed by atoms with Gasteiger partial charge in [0, 0.05) is 26.2 Å². The molecule has 0 radical (unpaired) electrons. The standard InChI is InChI=1S/C10H18N2/c1-3-7-11(8-4-1)12-9-5-2-6-10-12/h1,3H,2,4-10H2. The Hall–Kier alpha value is -0.340. The first-order valence-electron chi connectivity index (χ1n) is 5.11. The summed E-state index contributed by atoms with van der Waals surface area (Å²) in [5.41, 5.74) is 0. The van der Waals surface area contributed by atoms with Crippen LogP contribution in [0.2, 0.25) is 0 Å². The summed E-state index contributed by atoms with van der Waals surface area (Å²) >= 11 is 0. The number of hydrogen-bond acceptors (Lipinski definition) is 2. The second-order valence-electron chi connectivity index (χ2n) is 3.69. The van der Waals surface area contributed by atoms with E-state index in [-0.39, 0.29) is 0 Å². The Bertz CT molecular complexity index is 159. The second kappa shape index (κ2) is 4.06. The van der Waals surface area contributed by atoms with E-state index in [9.17, 15) is 0 Å². The van der Waals surface area contributed by atoms with Crippen LogP contribution in [0.3, 0.4) is 0 Å². The van der Waals surface area contributed by atoms with E-state index in [1.165, 1.54) is 45.3 Å². The van der Waals surface area contributed by atoms with Crippen molar-refractivity contribution in [3.63, 3.8) is 0 Å². The van der Waals surface area contributed by atoms with Crippen molar-refractivity contribution in [3.05, 3.63) is 12.2 Å². The molecular weight excluding hydrogens is 148 g/mol. The molecule has 0 N–H and O–H groups in total. The minimum atomic E-state index is 1.14. The van der Waals surface area contributed by atoms with Crippen LogP contribution in [-0.2, 0) is 0 Å². The van der Waals surface area contributed by atoms with E-state index >= 15 is 0 Å². The molecule has 2 heteroatoms. The summed E-state index contributed by atoms with van der Waals surface area (Å²) in [6.07, 6.45) is 10.0. The van der Waals surface area contributed by atoms with Crippen molar-refractivity contribution in [2.75, 3.05) is 26.2 Å². The van der Waals surface area contributed by atoms with Gasteiger partial charge in [-0.3, -0.25) is 0 Å². The lowest BCUT2D eigenvalue weighted by atomic mass is 10.1. The molecular formula is C10H18N2. The minimum absolute atomic E-state index is 1.14. The lowest BCUT2D eigenvalue weighted by Gasteiger charge is -2.38. The normalized spacial score (nSPS) is 27.7. The Morgan fingerprint density at radius 3 is 2.25 bits per heavy atom. The van der Waals surface area contributed by atoms with Gasteiger partial charge in [0.1, 0.15) is 0 Å². The zero-order valence-electron chi connectivity index (χ0n) is 7.71. The maximum atomic E-state index is 2.53. The van der Waals surface area contributed by atoms with Crippen molar-refractivity contribution in [1.29, 1.82) is 0 Å². The van der Waals surface area contributed by atoms with Gasteiger partial charge in [-0.15, -0.1) is 0 Å². The van der Waals surface area contributed by atoms with Gasteiger partial charge in [-0.25, -0.2) is 10.0 Å². The molecule has 0 saturated carbocycles. The summed E-state index contributed by atoms with van der Waals surface area (Å²) in [5, 5.41) is 5.03. The Balaban J connectivity index is 1.85. The van der Waals surface area contributed by atoms with Crippen molar-refractivity contribution in [2.45, 2.75) is 25.7 Å². The molecule has 2 nitrogen and oxygen atoms in total. The first kappa shape index (κ1) is 8.27. The molecule has 2 aliphatic rings. The van der Waals surface area contributed by atoms with E-state index < -0.39 is 0 Å². The van der Waals surface area contributed by atoms with Crippen molar-refractivity contribution in [1.82, 2.24) is 10.0 Å². The lowest BCUT2D eigenvalue weighted by molar-refractivity contribution is -0.0313. The molecule has 2 rings (SSSR count). The van der Waals surface area contributed by atoms with E-state index in [4.69, 9.17) is 0 Å². The number of piperidine rings is 1. The molecule has 1 saturated heterocycles. The van der Waals surface area contributed by atoms with Gasteiger partial charge in [-0.1, -0.05) is 18.6 Å². The van der Waals surface area contributed by atoms with Crippen molar-refractivity contribution in [2.24, 2.45) is 0 Å². The van der Waals surface area contributed by atoms with Gasteiger partial charge in [0.05, 0.1) is 0 Å². The lowest BCUT2D eigenvalue weighted by Crippen LogP contribution is -2.46. The third-order valence-electron chi connectivity index (χ3n) is 2.77. The molecule has 0 aliphatic carbocycles. The molecule has 0 bridgehead atoms. The van der Waals surface area contributed by atoms with Gasteiger partial charge < -0.3 is 0 Å². The molecule has 0 unspecified atom stereocenters. The SMILES string of the molecule is C1=CCN(N2CCCCC2)CC1. The van der Waals surface area contributed by atoms with Crippen molar-refractivity contribution >= 4 is 0 Å². The number of hydrogen-bond donors (Lipinski definition) is 0. The van der Waals surface area contributed by atoms with Crippen LogP contribution in [0, 0.1) is 0 Å². The van der Waals surface area contributed by atoms with Crippen molar-refractivity contribution < 1.29 is 0 Å². The first-order chi connectivity index (χ1) is 5.97. The predicted molar refractivity (Wildman–Crippen MR) is 50.8 cm³/mol. The topological polar surface area (TPSA) is 6.48 Å². The van der Waals surface area contributed by atoms with Crippen LogP contribution in [0.1, 0.15) is 25.7 Å². The maximum Gasteiger partial charge on any atom is 0.0314 e. The largest absolute Gasteiger partial charge is 0.241 e. The summed E-state index contributed by atoms with van der Waals surface area (Å²) in [4.78, 5) is 0. The van der Waals surface area contributed by atoms with Gasteiger partial charge >= 0.3 is 0 Å². The number of nitrogens with zero attached hydrogens (tertiary/aromatic N) is 2. The Labute approximate surface area is 74.8 Å². The van der Waals surface area contributed by atoms with E-state index in [2.05, 4.69) is 22.2 Å². The minimum Gasteiger partial charge on any atom is -0.241 e. The van der Waals surface area contributed by atoms with Crippen LogP contribution in [0.4, 0.5) is 0 Å². The molecule has 2 aliphatic heterocycles. The van der Waals surface area contributed by atoms with Gasteiger partial charge in [-0.05, 0) is 19.3 Å². The van der Waals surface area contributed by atoms with Crippen LogP contribution in [0.25, 0.3) is 0 Å². The molecule has 0 amide bonds. The van der Waals surface area contributed by atoms with Crippen LogP contribution in [0.15, 0.2) is 12.2 Å². The molecule has 2 heterocycles. The molecule has 0 aromatic heterocycles. The first-order valence-corrected chi connectivity index (χ1v) is 5.11. The highest BCUT2D eigenvalue weighted by atomic mass is 15.6. The highest BCUT2D eigenvalue weighted by molar-refractivity contribution is 4.90. The molecule has 68 valence electrons. The third kappa shape index (κ3) is 1.87. The van der Waals surface area contributed by atoms with Crippen LogP contribution >= 0.6 is 0 Å². The van der Waals surface area contributed by atoms with Crippen LogP contribution in [0.5, 0.6) is 0 Å². The van der Waals surface area contributed by atoms with Gasteiger partial charge in [0.2, 0.25) is 0 Å². The van der Waals surface area contributed by atoms with Gasteiger partial charge in [-0.2, -0.15) is 0 Å². The highest BCUT2D eigenvalue weighted by Gasteiger charge is 2.17. The summed E-state index contributed by atoms with van der Waals surface area (Å²) < 4.78 is 0. The smallest absolute Gasteiger partial charge is 0.0314 e. The molecule has 1 fully saturated rings. The molecule has 0 aromatic rings. The Morgan fingerprint density at radius 1 is 0.750 bits per heavy atom.